The molecule has 1 amide bonds. The first-order chi connectivity index (χ1) is 10.0. The predicted octanol–water partition coefficient (Wildman–Crippen LogP) is 4.85. The maximum absolute atomic E-state index is 13.6. The molecule has 1 aliphatic rings. The lowest BCUT2D eigenvalue weighted by Crippen LogP contribution is -2.19. The number of fused-ring (bicyclic) bond motifs is 1. The maximum Gasteiger partial charge on any atom is 0.224 e. The number of hydrogen-bond acceptors (Lipinski definition) is 1. The molecule has 5 heteroatoms. The lowest BCUT2D eigenvalue weighted by molar-refractivity contribution is -0.116. The van der Waals surface area contributed by atoms with Crippen molar-refractivity contribution >= 4 is 39.1 Å². The Kier molecular flexibility index (Phi) is 4.00. The van der Waals surface area contributed by atoms with Crippen LogP contribution in [0.25, 0.3) is 0 Å². The molecule has 3 rings (SSSR count). The highest BCUT2D eigenvalue weighted by molar-refractivity contribution is 9.09. The van der Waals surface area contributed by atoms with E-state index >= 15 is 0 Å². The number of nitrogens with one attached hydrogen (secondary N) is 1. The van der Waals surface area contributed by atoms with Gasteiger partial charge in [0.25, 0.3) is 0 Å². The molecule has 0 spiro atoms. The normalized spacial score (nSPS) is 15.3. The third-order valence-corrected chi connectivity index (χ3v) is 4.92. The molecule has 1 heterocycles. The first-order valence-electron chi connectivity index (χ1n) is 6.56. The number of alkyl halides is 1. The maximum atomic E-state index is 13.6. The van der Waals surface area contributed by atoms with Gasteiger partial charge >= 0.3 is 0 Å². The van der Waals surface area contributed by atoms with E-state index < -0.39 is 5.82 Å². The van der Waals surface area contributed by atoms with Crippen LogP contribution in [0.5, 0.6) is 0 Å². The molecule has 2 aromatic rings. The second kappa shape index (κ2) is 5.78. The fourth-order valence-electron chi connectivity index (χ4n) is 2.42. The minimum absolute atomic E-state index is 0.0467. The van der Waals surface area contributed by atoms with E-state index in [1.54, 1.807) is 12.1 Å². The number of halogens is 3. The fourth-order valence-corrected chi connectivity index (χ4v) is 3.11. The van der Waals surface area contributed by atoms with Crippen molar-refractivity contribution in [3.8, 4) is 0 Å². The summed E-state index contributed by atoms with van der Waals surface area (Å²) in [4.78, 5) is 11.2. The Morgan fingerprint density at radius 3 is 2.62 bits per heavy atom. The summed E-state index contributed by atoms with van der Waals surface area (Å²) in [5.74, 6) is -0.380. The molecule has 1 atom stereocenters. The average molecular weight is 369 g/mol. The van der Waals surface area contributed by atoms with Crippen LogP contribution in [-0.2, 0) is 11.2 Å². The van der Waals surface area contributed by atoms with E-state index in [1.807, 2.05) is 18.2 Å². The van der Waals surface area contributed by atoms with Crippen molar-refractivity contribution in [3.63, 3.8) is 0 Å². The van der Waals surface area contributed by atoms with Crippen LogP contribution in [-0.4, -0.2) is 5.91 Å². The van der Waals surface area contributed by atoms with Gasteiger partial charge in [-0.05, 0) is 41.3 Å². The number of aryl methyl sites for hydroxylation is 1. The summed E-state index contributed by atoms with van der Waals surface area (Å²) in [7, 11) is 0. The summed E-state index contributed by atoms with van der Waals surface area (Å²) in [6.45, 7) is 0. The predicted molar refractivity (Wildman–Crippen MR) is 85.6 cm³/mol. The second-order valence-corrected chi connectivity index (χ2v) is 6.32. The van der Waals surface area contributed by atoms with Crippen LogP contribution in [0.2, 0.25) is 5.02 Å². The zero-order valence-electron chi connectivity index (χ0n) is 11.0. The number of amides is 1. The van der Waals surface area contributed by atoms with Gasteiger partial charge in [-0.15, -0.1) is 0 Å². The summed E-state index contributed by atoms with van der Waals surface area (Å²) in [5.41, 5.74) is 3.78. The van der Waals surface area contributed by atoms with Crippen molar-refractivity contribution in [2.75, 3.05) is 5.32 Å². The summed E-state index contributed by atoms with van der Waals surface area (Å²) in [5, 5.41) is 2.97. The Balaban J connectivity index is 1.93. The first kappa shape index (κ1) is 14.5. The Labute approximate surface area is 135 Å². The number of hydrogen-bond donors (Lipinski definition) is 1. The molecule has 2 nitrogen and oxygen atoms in total. The smallest absolute Gasteiger partial charge is 0.224 e. The van der Waals surface area contributed by atoms with Gasteiger partial charge in [0.1, 0.15) is 5.82 Å². The molecule has 1 aliphatic heterocycles. The Morgan fingerprint density at radius 1 is 1.14 bits per heavy atom. The Hall–Kier alpha value is -1.39. The molecular formula is C16H12BrClFNO. The van der Waals surface area contributed by atoms with Gasteiger partial charge in [0.15, 0.2) is 0 Å². The number of benzene rings is 2. The van der Waals surface area contributed by atoms with Crippen LogP contribution in [0.3, 0.4) is 0 Å². The summed E-state index contributed by atoms with van der Waals surface area (Å²) < 4.78 is 13.6. The van der Waals surface area contributed by atoms with E-state index in [0.717, 1.165) is 28.8 Å². The quantitative estimate of drug-likeness (QED) is 0.755. The van der Waals surface area contributed by atoms with Crippen LogP contribution in [0, 0.1) is 5.82 Å². The molecule has 0 radical (unpaired) electrons. The van der Waals surface area contributed by atoms with Crippen molar-refractivity contribution in [1.29, 1.82) is 0 Å². The van der Waals surface area contributed by atoms with Gasteiger partial charge in [0, 0.05) is 12.1 Å². The first-order valence-corrected chi connectivity index (χ1v) is 7.85. The Morgan fingerprint density at radius 2 is 1.86 bits per heavy atom. The van der Waals surface area contributed by atoms with Gasteiger partial charge in [0.2, 0.25) is 5.91 Å². The third kappa shape index (κ3) is 2.97. The van der Waals surface area contributed by atoms with Crippen molar-refractivity contribution in [2.45, 2.75) is 17.7 Å². The van der Waals surface area contributed by atoms with E-state index in [-0.39, 0.29) is 15.8 Å². The number of carbonyl (C=O) groups excluding carboxylic acids is 1. The SMILES string of the molecule is O=C1CCc2cc(C(Br)c3ccc(Cl)c(F)c3)ccc2N1. The van der Waals surface area contributed by atoms with Crippen LogP contribution in [0.4, 0.5) is 10.1 Å². The van der Waals surface area contributed by atoms with Crippen LogP contribution >= 0.6 is 27.5 Å². The van der Waals surface area contributed by atoms with E-state index in [2.05, 4.69) is 21.2 Å². The molecular weight excluding hydrogens is 357 g/mol. The van der Waals surface area contributed by atoms with Crippen molar-refractivity contribution in [2.24, 2.45) is 0 Å². The zero-order valence-corrected chi connectivity index (χ0v) is 13.3. The van der Waals surface area contributed by atoms with E-state index in [4.69, 9.17) is 11.6 Å². The van der Waals surface area contributed by atoms with Gasteiger partial charge in [-0.25, -0.2) is 4.39 Å². The highest BCUT2D eigenvalue weighted by Crippen LogP contribution is 2.35. The lowest BCUT2D eigenvalue weighted by atomic mass is 9.97. The molecule has 0 aromatic heterocycles. The van der Waals surface area contributed by atoms with Crippen molar-refractivity contribution in [3.05, 3.63) is 63.9 Å². The van der Waals surface area contributed by atoms with Gasteiger partial charge in [-0.3, -0.25) is 4.79 Å². The molecule has 1 N–H and O–H groups in total. The monoisotopic (exact) mass is 367 g/mol. The number of rotatable bonds is 2. The molecule has 21 heavy (non-hydrogen) atoms. The second-order valence-electron chi connectivity index (χ2n) is 5.00. The molecule has 2 aromatic carbocycles. The Bertz CT molecular complexity index is 719. The summed E-state index contributed by atoms with van der Waals surface area (Å²) >= 11 is 9.30. The molecule has 0 aliphatic carbocycles. The van der Waals surface area contributed by atoms with Crippen molar-refractivity contribution in [1.82, 2.24) is 0 Å². The highest BCUT2D eigenvalue weighted by Gasteiger charge is 2.18. The lowest BCUT2D eigenvalue weighted by Gasteiger charge is -2.19. The number of carbonyl (C=O) groups is 1. The van der Waals surface area contributed by atoms with Crippen LogP contribution in [0.15, 0.2) is 36.4 Å². The number of anilines is 1. The molecule has 1 unspecified atom stereocenters. The highest BCUT2D eigenvalue weighted by atomic mass is 79.9. The van der Waals surface area contributed by atoms with E-state index in [0.29, 0.717) is 6.42 Å². The largest absolute Gasteiger partial charge is 0.326 e. The molecule has 0 saturated heterocycles. The molecule has 0 bridgehead atoms. The van der Waals surface area contributed by atoms with E-state index in [9.17, 15) is 9.18 Å². The van der Waals surface area contributed by atoms with E-state index in [1.165, 1.54) is 6.07 Å². The average Bonchev–Trinajstić information content (AvgIpc) is 2.49. The van der Waals surface area contributed by atoms with Gasteiger partial charge < -0.3 is 5.32 Å². The molecule has 0 saturated carbocycles. The van der Waals surface area contributed by atoms with Gasteiger partial charge in [-0.2, -0.15) is 0 Å². The van der Waals surface area contributed by atoms with Crippen molar-refractivity contribution < 1.29 is 9.18 Å². The minimum Gasteiger partial charge on any atom is -0.326 e. The zero-order chi connectivity index (χ0) is 15.0. The van der Waals surface area contributed by atoms with Crippen LogP contribution in [0.1, 0.15) is 27.9 Å². The third-order valence-electron chi connectivity index (χ3n) is 3.55. The minimum atomic E-state index is -0.427. The fraction of sp³-hybridized carbons (Fsp3) is 0.188. The molecule has 0 fully saturated rings. The standard InChI is InChI=1S/C16H12BrClFNO/c17-16(11-1-4-12(18)13(19)8-11)10-2-5-14-9(7-10)3-6-15(21)20-14/h1-2,4-5,7-8,16H,3,6H2,(H,20,21). The van der Waals surface area contributed by atoms with Gasteiger partial charge in [-0.1, -0.05) is 45.7 Å². The van der Waals surface area contributed by atoms with Gasteiger partial charge in [0.05, 0.1) is 9.85 Å². The summed E-state index contributed by atoms with van der Waals surface area (Å²) in [6, 6.07) is 10.6. The summed E-state index contributed by atoms with van der Waals surface area (Å²) in [6.07, 6.45) is 1.22. The van der Waals surface area contributed by atoms with Crippen LogP contribution < -0.4 is 5.32 Å². The topological polar surface area (TPSA) is 29.1 Å². The molecule has 108 valence electrons.